The topological polar surface area (TPSA) is 28.2 Å². The van der Waals surface area contributed by atoms with Crippen LogP contribution in [-0.2, 0) is 0 Å². The molecule has 3 nitrogen and oxygen atoms in total. The third-order valence-corrected chi connectivity index (χ3v) is 2.92. The molecule has 0 aliphatic rings. The fraction of sp³-hybridized carbons (Fsp3) is 0.545. The quantitative estimate of drug-likeness (QED) is 0.905. The predicted molar refractivity (Wildman–Crippen MR) is 73.2 cm³/mol. The zero-order chi connectivity index (χ0) is 12.1. The highest BCUT2D eigenvalue weighted by molar-refractivity contribution is 9.10. The number of hydrogen-bond donors (Lipinski definition) is 1. The van der Waals surface area contributed by atoms with Gasteiger partial charge in [-0.3, -0.25) is 0 Å². The van der Waals surface area contributed by atoms with Crippen LogP contribution in [0.1, 0.15) is 13.3 Å². The Hall–Kier alpha value is -0.320. The minimum atomic E-state index is 0.355. The summed E-state index contributed by atoms with van der Waals surface area (Å²) < 4.78 is 0.893. The molecule has 16 heavy (non-hydrogen) atoms. The zero-order valence-corrected chi connectivity index (χ0v) is 12.1. The lowest BCUT2D eigenvalue weighted by Crippen LogP contribution is -2.23. The molecule has 1 atom stereocenters. The molecule has 1 aromatic rings. The smallest absolute Gasteiger partial charge is 0.145 e. The van der Waals surface area contributed by atoms with E-state index < -0.39 is 0 Å². The number of hydrogen-bond acceptors (Lipinski definition) is 3. The summed E-state index contributed by atoms with van der Waals surface area (Å²) in [6, 6.07) is 2.20. The maximum absolute atomic E-state index is 6.07. The van der Waals surface area contributed by atoms with Crippen molar-refractivity contribution < 1.29 is 0 Å². The highest BCUT2D eigenvalue weighted by Gasteiger charge is 2.07. The summed E-state index contributed by atoms with van der Waals surface area (Å²) in [5, 5.41) is 3.95. The van der Waals surface area contributed by atoms with Crippen LogP contribution in [0.4, 0.5) is 5.82 Å². The normalized spacial score (nSPS) is 12.9. The number of nitrogens with one attached hydrogen (secondary N) is 1. The Bertz CT molecular complexity index is 344. The van der Waals surface area contributed by atoms with Gasteiger partial charge < -0.3 is 10.2 Å². The third kappa shape index (κ3) is 4.68. The molecule has 1 aromatic heterocycles. The minimum absolute atomic E-state index is 0.355. The lowest BCUT2D eigenvalue weighted by atomic mass is 10.2. The number of nitrogens with zero attached hydrogens (tertiary/aromatic N) is 2. The molecule has 0 amide bonds. The predicted octanol–water partition coefficient (Wildman–Crippen LogP) is 3.25. The van der Waals surface area contributed by atoms with Gasteiger partial charge in [-0.25, -0.2) is 4.98 Å². The fourth-order valence-corrected chi connectivity index (χ4v) is 1.96. The van der Waals surface area contributed by atoms with E-state index >= 15 is 0 Å². The Morgan fingerprint density at radius 1 is 1.56 bits per heavy atom. The van der Waals surface area contributed by atoms with Crippen LogP contribution in [0.2, 0.25) is 5.02 Å². The molecule has 0 spiro atoms. The average molecular weight is 307 g/mol. The van der Waals surface area contributed by atoms with E-state index in [0.29, 0.717) is 11.1 Å². The van der Waals surface area contributed by atoms with Gasteiger partial charge in [0, 0.05) is 16.7 Å². The molecule has 0 saturated heterocycles. The summed E-state index contributed by atoms with van der Waals surface area (Å²) in [4.78, 5) is 6.40. The maximum Gasteiger partial charge on any atom is 0.145 e. The van der Waals surface area contributed by atoms with Gasteiger partial charge in [-0.15, -0.1) is 0 Å². The Balaban J connectivity index is 2.52. The molecule has 0 bridgehead atoms. The molecular weight excluding hydrogens is 289 g/mol. The van der Waals surface area contributed by atoms with Gasteiger partial charge in [0.15, 0.2) is 0 Å². The van der Waals surface area contributed by atoms with Gasteiger partial charge in [0.25, 0.3) is 0 Å². The van der Waals surface area contributed by atoms with Crippen molar-refractivity contribution in [2.24, 2.45) is 0 Å². The fourth-order valence-electron chi connectivity index (χ4n) is 1.28. The van der Waals surface area contributed by atoms with Crippen molar-refractivity contribution in [2.45, 2.75) is 19.4 Å². The summed E-state index contributed by atoms with van der Waals surface area (Å²) in [6.45, 7) is 3.17. The molecular formula is C11H17BrClN3. The molecule has 0 saturated carbocycles. The molecule has 0 aliphatic heterocycles. The van der Waals surface area contributed by atoms with E-state index in [1.54, 1.807) is 6.20 Å². The summed E-state index contributed by atoms with van der Waals surface area (Å²) in [5.41, 5.74) is 0. The van der Waals surface area contributed by atoms with Crippen molar-refractivity contribution >= 4 is 33.3 Å². The summed E-state index contributed by atoms with van der Waals surface area (Å²) in [6.07, 6.45) is 2.80. The van der Waals surface area contributed by atoms with Crippen molar-refractivity contribution in [3.63, 3.8) is 0 Å². The van der Waals surface area contributed by atoms with E-state index in [0.717, 1.165) is 23.3 Å². The first-order chi connectivity index (χ1) is 7.49. The Morgan fingerprint density at radius 2 is 2.25 bits per heavy atom. The first-order valence-electron chi connectivity index (χ1n) is 5.21. The standard InChI is InChI=1S/C11H17BrClN3/c1-8(4-5-16(2)3)15-11-10(13)6-9(12)7-14-11/h6-8H,4-5H2,1-3H3,(H,14,15). The van der Waals surface area contributed by atoms with Crippen molar-refractivity contribution in [3.8, 4) is 0 Å². The molecule has 1 unspecified atom stereocenters. The Morgan fingerprint density at radius 3 is 2.81 bits per heavy atom. The highest BCUT2D eigenvalue weighted by Crippen LogP contribution is 2.23. The van der Waals surface area contributed by atoms with Crippen molar-refractivity contribution in [1.82, 2.24) is 9.88 Å². The molecule has 0 aliphatic carbocycles. The van der Waals surface area contributed by atoms with E-state index in [2.05, 4.69) is 52.1 Å². The van der Waals surface area contributed by atoms with Crippen LogP contribution in [0.15, 0.2) is 16.7 Å². The lowest BCUT2D eigenvalue weighted by Gasteiger charge is -2.17. The van der Waals surface area contributed by atoms with Crippen LogP contribution >= 0.6 is 27.5 Å². The van der Waals surface area contributed by atoms with Gasteiger partial charge in [0.05, 0.1) is 5.02 Å². The van der Waals surface area contributed by atoms with Crippen LogP contribution in [-0.4, -0.2) is 36.6 Å². The molecule has 0 radical (unpaired) electrons. The van der Waals surface area contributed by atoms with Gasteiger partial charge in [-0.1, -0.05) is 11.6 Å². The van der Waals surface area contributed by atoms with Gasteiger partial charge in [0.1, 0.15) is 5.82 Å². The number of aromatic nitrogens is 1. The number of pyridine rings is 1. The van der Waals surface area contributed by atoms with E-state index in [9.17, 15) is 0 Å². The van der Waals surface area contributed by atoms with E-state index in [1.165, 1.54) is 0 Å². The number of halogens is 2. The van der Waals surface area contributed by atoms with Crippen LogP contribution < -0.4 is 5.32 Å². The van der Waals surface area contributed by atoms with Gasteiger partial charge in [0.2, 0.25) is 0 Å². The number of anilines is 1. The molecule has 1 heterocycles. The zero-order valence-electron chi connectivity index (χ0n) is 9.80. The van der Waals surface area contributed by atoms with Crippen LogP contribution in [0.25, 0.3) is 0 Å². The summed E-state index contributed by atoms with van der Waals surface area (Å²) >= 11 is 9.40. The monoisotopic (exact) mass is 305 g/mol. The van der Waals surface area contributed by atoms with Crippen LogP contribution in [0, 0.1) is 0 Å². The van der Waals surface area contributed by atoms with Crippen LogP contribution in [0.3, 0.4) is 0 Å². The van der Waals surface area contributed by atoms with Gasteiger partial charge in [-0.05, 0) is 56.0 Å². The van der Waals surface area contributed by atoms with Crippen molar-refractivity contribution in [2.75, 3.05) is 26.0 Å². The maximum atomic E-state index is 6.07. The van der Waals surface area contributed by atoms with Crippen LogP contribution in [0.5, 0.6) is 0 Å². The molecule has 1 rings (SSSR count). The van der Waals surface area contributed by atoms with Crippen molar-refractivity contribution in [3.05, 3.63) is 21.8 Å². The molecule has 0 aromatic carbocycles. The van der Waals surface area contributed by atoms with E-state index in [1.807, 2.05) is 6.07 Å². The SMILES string of the molecule is CC(CCN(C)C)Nc1ncc(Br)cc1Cl. The Kier molecular flexibility index (Phi) is 5.52. The second kappa shape index (κ2) is 6.42. The van der Waals surface area contributed by atoms with E-state index in [4.69, 9.17) is 11.6 Å². The molecule has 1 N–H and O–H groups in total. The molecule has 5 heteroatoms. The summed E-state index contributed by atoms with van der Waals surface area (Å²) in [7, 11) is 4.13. The summed E-state index contributed by atoms with van der Waals surface area (Å²) in [5.74, 6) is 0.746. The third-order valence-electron chi connectivity index (χ3n) is 2.20. The molecule has 90 valence electrons. The average Bonchev–Trinajstić information content (AvgIpc) is 2.19. The molecule has 0 fully saturated rings. The first kappa shape index (κ1) is 13.7. The lowest BCUT2D eigenvalue weighted by molar-refractivity contribution is 0.390. The van der Waals surface area contributed by atoms with Gasteiger partial charge >= 0.3 is 0 Å². The second-order valence-corrected chi connectivity index (χ2v) is 5.44. The second-order valence-electron chi connectivity index (χ2n) is 4.12. The number of rotatable bonds is 5. The van der Waals surface area contributed by atoms with Gasteiger partial charge in [-0.2, -0.15) is 0 Å². The van der Waals surface area contributed by atoms with E-state index in [-0.39, 0.29) is 0 Å². The largest absolute Gasteiger partial charge is 0.366 e. The Labute approximate surface area is 110 Å². The van der Waals surface area contributed by atoms with Crippen molar-refractivity contribution in [1.29, 1.82) is 0 Å². The highest BCUT2D eigenvalue weighted by atomic mass is 79.9. The minimum Gasteiger partial charge on any atom is -0.366 e. The first-order valence-corrected chi connectivity index (χ1v) is 6.38.